The average molecular weight is 574 g/mol. The SMILES string of the molecule is CSCC[C@H](NC(=O)OCC1c2ccccc2-c2ccccc21)C(=O)NC1(C(=O)O)CCN(Cc2ccccc2)C1. The van der Waals surface area contributed by atoms with Gasteiger partial charge in [0.15, 0.2) is 5.54 Å². The number of aliphatic carboxylic acids is 1. The van der Waals surface area contributed by atoms with Crippen LogP contribution in [0.5, 0.6) is 0 Å². The van der Waals surface area contributed by atoms with Crippen molar-refractivity contribution in [2.45, 2.75) is 36.9 Å². The Labute approximate surface area is 244 Å². The number of hydrogen-bond acceptors (Lipinski definition) is 6. The Kier molecular flexibility index (Phi) is 8.95. The smallest absolute Gasteiger partial charge is 0.407 e. The van der Waals surface area contributed by atoms with Crippen LogP contribution in [-0.2, 0) is 20.9 Å². The van der Waals surface area contributed by atoms with Crippen LogP contribution in [0.3, 0.4) is 0 Å². The zero-order valence-electron chi connectivity index (χ0n) is 23.0. The number of hydrogen-bond donors (Lipinski definition) is 3. The molecule has 1 aliphatic carbocycles. The van der Waals surface area contributed by atoms with E-state index in [0.717, 1.165) is 27.8 Å². The van der Waals surface area contributed by atoms with Gasteiger partial charge in [0.1, 0.15) is 12.6 Å². The lowest BCUT2D eigenvalue weighted by atomic mass is 9.97. The van der Waals surface area contributed by atoms with Crippen molar-refractivity contribution in [1.29, 1.82) is 0 Å². The summed E-state index contributed by atoms with van der Waals surface area (Å²) in [5.41, 5.74) is 4.12. The molecule has 1 aliphatic heterocycles. The predicted molar refractivity (Wildman–Crippen MR) is 160 cm³/mol. The fraction of sp³-hybridized carbons (Fsp3) is 0.344. The van der Waals surface area contributed by atoms with Gasteiger partial charge in [-0.1, -0.05) is 78.9 Å². The van der Waals surface area contributed by atoms with Gasteiger partial charge in [-0.15, -0.1) is 0 Å². The number of nitrogens with zero attached hydrogens (tertiary/aromatic N) is 1. The molecule has 0 saturated carbocycles. The van der Waals surface area contributed by atoms with E-state index in [0.29, 0.717) is 25.3 Å². The highest BCUT2D eigenvalue weighted by molar-refractivity contribution is 7.98. The lowest BCUT2D eigenvalue weighted by Crippen LogP contribution is -2.60. The van der Waals surface area contributed by atoms with Gasteiger partial charge in [0.05, 0.1) is 0 Å². The summed E-state index contributed by atoms with van der Waals surface area (Å²) in [5, 5.41) is 15.6. The molecule has 9 heteroatoms. The largest absolute Gasteiger partial charge is 0.479 e. The highest BCUT2D eigenvalue weighted by atomic mass is 32.2. The van der Waals surface area contributed by atoms with Crippen molar-refractivity contribution in [1.82, 2.24) is 15.5 Å². The molecule has 0 bridgehead atoms. The molecule has 1 fully saturated rings. The maximum Gasteiger partial charge on any atom is 0.407 e. The third-order valence-electron chi connectivity index (χ3n) is 7.93. The van der Waals surface area contributed by atoms with E-state index < -0.39 is 29.6 Å². The van der Waals surface area contributed by atoms with E-state index in [1.807, 2.05) is 77.9 Å². The van der Waals surface area contributed by atoms with Gasteiger partial charge >= 0.3 is 12.1 Å². The average Bonchev–Trinajstić information content (AvgIpc) is 3.54. The molecule has 0 radical (unpaired) electrons. The second kappa shape index (κ2) is 12.8. The van der Waals surface area contributed by atoms with Gasteiger partial charge in [-0.3, -0.25) is 9.69 Å². The molecule has 3 aromatic rings. The van der Waals surface area contributed by atoms with Crippen molar-refractivity contribution < 1.29 is 24.2 Å². The molecule has 1 unspecified atom stereocenters. The quantitative estimate of drug-likeness (QED) is 0.310. The summed E-state index contributed by atoms with van der Waals surface area (Å²) in [7, 11) is 0. The Morgan fingerprint density at radius 1 is 1.00 bits per heavy atom. The summed E-state index contributed by atoms with van der Waals surface area (Å²) in [5.74, 6) is -1.08. The van der Waals surface area contributed by atoms with Gasteiger partial charge < -0.3 is 20.5 Å². The third-order valence-corrected chi connectivity index (χ3v) is 8.58. The number of likely N-dealkylation sites (tertiary alicyclic amines) is 1. The molecular weight excluding hydrogens is 538 g/mol. The molecule has 2 aliphatic rings. The van der Waals surface area contributed by atoms with Crippen molar-refractivity contribution in [3.05, 3.63) is 95.6 Å². The minimum Gasteiger partial charge on any atom is -0.479 e. The number of rotatable bonds is 11. The van der Waals surface area contributed by atoms with E-state index in [1.54, 1.807) is 11.8 Å². The van der Waals surface area contributed by atoms with Crippen LogP contribution in [0, 0.1) is 0 Å². The number of thioether (sulfide) groups is 1. The molecule has 0 spiro atoms. The molecule has 1 heterocycles. The Balaban J connectivity index is 1.23. The van der Waals surface area contributed by atoms with Crippen LogP contribution in [-0.4, -0.2) is 71.3 Å². The van der Waals surface area contributed by atoms with Crippen molar-refractivity contribution in [3.63, 3.8) is 0 Å². The van der Waals surface area contributed by atoms with E-state index >= 15 is 0 Å². The molecule has 1 saturated heterocycles. The standard InChI is InChI=1S/C32H35N3O5S/c1-41-18-15-28(29(36)34-32(30(37)38)16-17-35(21-32)19-22-9-3-2-4-10-22)33-31(39)40-20-27-25-13-7-5-11-23(25)24-12-6-8-14-26(24)27/h2-14,27-28H,15-21H2,1H3,(H,33,39)(H,34,36)(H,37,38)/t28-,32?/m0/s1. The van der Waals surface area contributed by atoms with Crippen LogP contribution in [0.2, 0.25) is 0 Å². The van der Waals surface area contributed by atoms with E-state index in [9.17, 15) is 19.5 Å². The number of amides is 2. The summed E-state index contributed by atoms with van der Waals surface area (Å²) in [6.07, 6.45) is 1.84. The van der Waals surface area contributed by atoms with E-state index in [2.05, 4.69) is 22.8 Å². The van der Waals surface area contributed by atoms with Gasteiger partial charge in [0.2, 0.25) is 5.91 Å². The molecule has 3 aromatic carbocycles. The number of ether oxygens (including phenoxy) is 1. The number of nitrogens with one attached hydrogen (secondary N) is 2. The van der Waals surface area contributed by atoms with Gasteiger partial charge in [0, 0.05) is 25.6 Å². The topological polar surface area (TPSA) is 108 Å². The molecule has 5 rings (SSSR count). The molecule has 2 atom stereocenters. The summed E-state index contributed by atoms with van der Waals surface area (Å²) >= 11 is 1.55. The first-order valence-corrected chi connectivity index (χ1v) is 15.2. The highest BCUT2D eigenvalue weighted by Gasteiger charge is 2.47. The zero-order chi connectivity index (χ0) is 28.8. The normalized spacial score (nSPS) is 18.8. The Hall–Kier alpha value is -3.82. The van der Waals surface area contributed by atoms with Gasteiger partial charge in [-0.2, -0.15) is 11.8 Å². The van der Waals surface area contributed by atoms with Crippen LogP contribution < -0.4 is 10.6 Å². The fourth-order valence-electron chi connectivity index (χ4n) is 5.81. The van der Waals surface area contributed by atoms with Gasteiger partial charge in [0.25, 0.3) is 0 Å². The maximum absolute atomic E-state index is 13.4. The minimum absolute atomic E-state index is 0.101. The minimum atomic E-state index is -1.42. The van der Waals surface area contributed by atoms with Crippen molar-refractivity contribution in [2.24, 2.45) is 0 Å². The number of fused-ring (bicyclic) bond motifs is 3. The predicted octanol–water partition coefficient (Wildman–Crippen LogP) is 4.49. The Bertz CT molecular complexity index is 1360. The van der Waals surface area contributed by atoms with E-state index in [1.165, 1.54) is 0 Å². The highest BCUT2D eigenvalue weighted by Crippen LogP contribution is 2.44. The number of carboxylic acids is 1. The number of benzene rings is 3. The molecular formula is C32H35N3O5S. The van der Waals surface area contributed by atoms with Crippen LogP contribution in [0.15, 0.2) is 78.9 Å². The molecule has 3 N–H and O–H groups in total. The van der Waals surface area contributed by atoms with Crippen molar-refractivity contribution >= 4 is 29.7 Å². The number of carboxylic acid groups (broad SMARTS) is 1. The lowest BCUT2D eigenvalue weighted by Gasteiger charge is -2.29. The lowest BCUT2D eigenvalue weighted by molar-refractivity contribution is -0.147. The van der Waals surface area contributed by atoms with Crippen LogP contribution in [0.25, 0.3) is 11.1 Å². The van der Waals surface area contributed by atoms with E-state index in [4.69, 9.17) is 4.74 Å². The Morgan fingerprint density at radius 3 is 2.27 bits per heavy atom. The monoisotopic (exact) mass is 573 g/mol. The molecule has 214 valence electrons. The third kappa shape index (κ3) is 6.41. The fourth-order valence-corrected chi connectivity index (χ4v) is 6.28. The van der Waals surface area contributed by atoms with Gasteiger partial charge in [-0.05, 0) is 52.7 Å². The first-order valence-electron chi connectivity index (χ1n) is 13.8. The number of carbonyl (C=O) groups excluding carboxylic acids is 2. The summed E-state index contributed by atoms with van der Waals surface area (Å²) < 4.78 is 5.66. The van der Waals surface area contributed by atoms with Crippen LogP contribution in [0.4, 0.5) is 4.79 Å². The Morgan fingerprint density at radius 2 is 1.63 bits per heavy atom. The molecule has 2 amide bonds. The molecule has 8 nitrogen and oxygen atoms in total. The second-order valence-electron chi connectivity index (χ2n) is 10.6. The van der Waals surface area contributed by atoms with Crippen LogP contribution >= 0.6 is 11.8 Å². The summed E-state index contributed by atoms with van der Waals surface area (Å²) in [4.78, 5) is 40.8. The summed E-state index contributed by atoms with van der Waals surface area (Å²) in [6, 6.07) is 25.1. The van der Waals surface area contributed by atoms with Crippen molar-refractivity contribution in [2.75, 3.05) is 31.7 Å². The zero-order valence-corrected chi connectivity index (χ0v) is 23.9. The second-order valence-corrected chi connectivity index (χ2v) is 11.6. The van der Waals surface area contributed by atoms with Crippen molar-refractivity contribution in [3.8, 4) is 11.1 Å². The van der Waals surface area contributed by atoms with E-state index in [-0.39, 0.29) is 25.5 Å². The molecule has 41 heavy (non-hydrogen) atoms. The maximum atomic E-state index is 13.4. The first-order chi connectivity index (χ1) is 19.9. The first kappa shape index (κ1) is 28.7. The summed E-state index contributed by atoms with van der Waals surface area (Å²) in [6.45, 7) is 1.45. The molecule has 0 aromatic heterocycles. The number of carbonyl (C=O) groups is 3. The number of alkyl carbamates (subject to hydrolysis) is 1. The van der Waals surface area contributed by atoms with Crippen LogP contribution in [0.1, 0.15) is 35.4 Å². The van der Waals surface area contributed by atoms with Gasteiger partial charge in [-0.25, -0.2) is 9.59 Å².